The Hall–Kier alpha value is -1.09. The van der Waals surface area contributed by atoms with Crippen LogP contribution in [0.3, 0.4) is 0 Å². The van der Waals surface area contributed by atoms with Gasteiger partial charge in [-0.2, -0.15) is 0 Å². The van der Waals surface area contributed by atoms with Crippen LogP contribution < -0.4 is 15.4 Å². The van der Waals surface area contributed by atoms with Crippen molar-refractivity contribution >= 4 is 29.9 Å². The summed E-state index contributed by atoms with van der Waals surface area (Å²) in [5, 5.41) is 6.80. The lowest BCUT2D eigenvalue weighted by Gasteiger charge is -2.24. The van der Waals surface area contributed by atoms with Crippen molar-refractivity contribution in [3.8, 4) is 5.75 Å². The number of aliphatic imine (C=N–C) groups is 1. The molecule has 0 spiro atoms. The molecule has 0 bridgehead atoms. The number of nitrogens with one attached hydrogen (secondary N) is 2. The number of halogens is 1. The van der Waals surface area contributed by atoms with Gasteiger partial charge in [-0.1, -0.05) is 6.92 Å². The van der Waals surface area contributed by atoms with E-state index in [-0.39, 0.29) is 24.0 Å². The van der Waals surface area contributed by atoms with Gasteiger partial charge in [-0.05, 0) is 39.8 Å². The number of methoxy groups -OCH3 is 1. The minimum absolute atomic E-state index is 0. The largest absolute Gasteiger partial charge is 0.496 e. The van der Waals surface area contributed by atoms with E-state index < -0.39 is 0 Å². The van der Waals surface area contributed by atoms with Gasteiger partial charge in [-0.15, -0.1) is 24.0 Å². The molecule has 1 atom stereocenters. The van der Waals surface area contributed by atoms with Gasteiger partial charge < -0.3 is 15.4 Å². The van der Waals surface area contributed by atoms with E-state index in [1.807, 2.05) is 20.0 Å². The van der Waals surface area contributed by atoms with E-state index in [4.69, 9.17) is 4.74 Å². The number of likely N-dealkylation sites (tertiary alicyclic amines) is 1. The van der Waals surface area contributed by atoms with Crippen molar-refractivity contribution in [3.05, 3.63) is 23.0 Å². The van der Waals surface area contributed by atoms with Gasteiger partial charge in [0.1, 0.15) is 5.75 Å². The van der Waals surface area contributed by atoms with Gasteiger partial charge in [0.25, 0.3) is 0 Å². The highest BCUT2D eigenvalue weighted by Crippen LogP contribution is 2.23. The molecule has 1 aliphatic heterocycles. The third kappa shape index (κ3) is 5.70. The number of likely N-dealkylation sites (N-methyl/N-ethyl adjacent to an activating group) is 1. The van der Waals surface area contributed by atoms with Crippen LogP contribution in [-0.4, -0.2) is 55.7 Å². The summed E-state index contributed by atoms with van der Waals surface area (Å²) in [5.41, 5.74) is 3.12. The lowest BCUT2D eigenvalue weighted by Crippen LogP contribution is -2.44. The molecule has 1 fully saturated rings. The fraction of sp³-hybridized carbons (Fsp3) is 0.667. The molecule has 1 aromatic heterocycles. The van der Waals surface area contributed by atoms with Gasteiger partial charge in [-0.25, -0.2) is 0 Å². The highest BCUT2D eigenvalue weighted by molar-refractivity contribution is 14.0. The molecule has 1 saturated heterocycles. The van der Waals surface area contributed by atoms with E-state index in [1.54, 1.807) is 14.2 Å². The molecule has 7 heteroatoms. The standard InChI is InChI=1S/C18H31N5O.HI/c1-6-23-9-7-8-15(23)11-21-18(19-4)22-12-16-14(3)17(24-5)13(2)10-20-16;/h10,15H,6-9,11-12H2,1-5H3,(H2,19,21,22);1H. The summed E-state index contributed by atoms with van der Waals surface area (Å²) in [5.74, 6) is 1.73. The van der Waals surface area contributed by atoms with Crippen LogP contribution in [0, 0.1) is 13.8 Å². The Morgan fingerprint density at radius 1 is 1.40 bits per heavy atom. The maximum atomic E-state index is 5.47. The molecule has 2 heterocycles. The molecule has 2 rings (SSSR count). The zero-order chi connectivity index (χ0) is 17.5. The maximum Gasteiger partial charge on any atom is 0.191 e. The zero-order valence-electron chi connectivity index (χ0n) is 16.1. The fourth-order valence-electron chi connectivity index (χ4n) is 3.39. The van der Waals surface area contributed by atoms with Crippen LogP contribution in [0.15, 0.2) is 11.2 Å². The second kappa shape index (κ2) is 10.8. The minimum Gasteiger partial charge on any atom is -0.496 e. The second-order valence-electron chi connectivity index (χ2n) is 6.28. The SMILES string of the molecule is CCN1CCCC1CNC(=NC)NCc1ncc(C)c(OC)c1C.I. The Balaban J connectivity index is 0.00000312. The second-order valence-corrected chi connectivity index (χ2v) is 6.28. The van der Waals surface area contributed by atoms with Crippen LogP contribution in [0.2, 0.25) is 0 Å². The topological polar surface area (TPSA) is 61.8 Å². The molecule has 0 aliphatic carbocycles. The van der Waals surface area contributed by atoms with Gasteiger partial charge in [0.05, 0.1) is 19.3 Å². The highest BCUT2D eigenvalue weighted by Gasteiger charge is 2.22. The van der Waals surface area contributed by atoms with Crippen molar-refractivity contribution in [3.63, 3.8) is 0 Å². The van der Waals surface area contributed by atoms with Crippen LogP contribution in [0.1, 0.15) is 36.6 Å². The molecule has 1 unspecified atom stereocenters. The summed E-state index contributed by atoms with van der Waals surface area (Å²) in [4.78, 5) is 11.4. The van der Waals surface area contributed by atoms with Crippen molar-refractivity contribution in [1.29, 1.82) is 0 Å². The van der Waals surface area contributed by atoms with E-state index in [0.717, 1.165) is 41.6 Å². The first-order valence-corrected chi connectivity index (χ1v) is 8.78. The quantitative estimate of drug-likeness (QED) is 0.387. The first kappa shape index (κ1) is 22.0. The average molecular weight is 461 g/mol. The third-order valence-electron chi connectivity index (χ3n) is 4.81. The van der Waals surface area contributed by atoms with Crippen LogP contribution in [0.25, 0.3) is 0 Å². The van der Waals surface area contributed by atoms with Crippen molar-refractivity contribution in [2.75, 3.05) is 33.8 Å². The Bertz CT molecular complexity index is 579. The molecule has 0 aromatic carbocycles. The molecule has 25 heavy (non-hydrogen) atoms. The average Bonchev–Trinajstić information content (AvgIpc) is 3.04. The highest BCUT2D eigenvalue weighted by atomic mass is 127. The monoisotopic (exact) mass is 461 g/mol. The summed E-state index contributed by atoms with van der Waals surface area (Å²) < 4.78 is 5.47. The predicted molar refractivity (Wildman–Crippen MR) is 114 cm³/mol. The van der Waals surface area contributed by atoms with E-state index in [9.17, 15) is 0 Å². The van der Waals surface area contributed by atoms with Crippen molar-refractivity contribution < 1.29 is 4.74 Å². The third-order valence-corrected chi connectivity index (χ3v) is 4.81. The number of hydrogen-bond acceptors (Lipinski definition) is 4. The zero-order valence-corrected chi connectivity index (χ0v) is 18.4. The summed E-state index contributed by atoms with van der Waals surface area (Å²) in [6, 6.07) is 0.605. The first-order valence-electron chi connectivity index (χ1n) is 8.78. The molecule has 0 saturated carbocycles. The number of pyridine rings is 1. The molecule has 142 valence electrons. The van der Waals surface area contributed by atoms with E-state index in [2.05, 4.69) is 32.4 Å². The summed E-state index contributed by atoms with van der Waals surface area (Å²) in [6.45, 7) is 10.2. The molecule has 0 amide bonds. The molecule has 2 N–H and O–H groups in total. The molecular weight excluding hydrogens is 429 g/mol. The van der Waals surface area contributed by atoms with E-state index in [1.165, 1.54) is 19.4 Å². The molecule has 1 aromatic rings. The number of rotatable bonds is 6. The Morgan fingerprint density at radius 2 is 2.16 bits per heavy atom. The molecule has 0 radical (unpaired) electrons. The smallest absolute Gasteiger partial charge is 0.191 e. The summed E-state index contributed by atoms with van der Waals surface area (Å²) in [6.07, 6.45) is 4.41. The summed E-state index contributed by atoms with van der Waals surface area (Å²) >= 11 is 0. The van der Waals surface area contributed by atoms with E-state index >= 15 is 0 Å². The number of aryl methyl sites for hydroxylation is 1. The van der Waals surface area contributed by atoms with Crippen LogP contribution in [0.5, 0.6) is 5.75 Å². The number of aromatic nitrogens is 1. The van der Waals surface area contributed by atoms with Gasteiger partial charge in [0.2, 0.25) is 0 Å². The van der Waals surface area contributed by atoms with Crippen molar-refractivity contribution in [2.24, 2.45) is 4.99 Å². The Labute approximate surface area is 168 Å². The number of nitrogens with zero attached hydrogens (tertiary/aromatic N) is 3. The normalized spacial score (nSPS) is 18.0. The van der Waals surface area contributed by atoms with Crippen LogP contribution in [0.4, 0.5) is 0 Å². The lowest BCUT2D eigenvalue weighted by molar-refractivity contribution is 0.267. The summed E-state index contributed by atoms with van der Waals surface area (Å²) in [7, 11) is 3.51. The minimum atomic E-state index is 0. The van der Waals surface area contributed by atoms with Crippen LogP contribution in [-0.2, 0) is 6.54 Å². The van der Waals surface area contributed by atoms with E-state index in [0.29, 0.717) is 12.6 Å². The molecule has 1 aliphatic rings. The van der Waals surface area contributed by atoms with Crippen molar-refractivity contribution in [2.45, 2.75) is 46.2 Å². The fourth-order valence-corrected chi connectivity index (χ4v) is 3.39. The van der Waals surface area contributed by atoms with Crippen molar-refractivity contribution in [1.82, 2.24) is 20.5 Å². The number of hydrogen-bond donors (Lipinski definition) is 2. The predicted octanol–water partition coefficient (Wildman–Crippen LogP) is 2.47. The molecular formula is C18H32IN5O. The maximum absolute atomic E-state index is 5.47. The Kier molecular flexibility index (Phi) is 9.48. The lowest BCUT2D eigenvalue weighted by atomic mass is 10.1. The molecule has 6 nitrogen and oxygen atoms in total. The van der Waals surface area contributed by atoms with Crippen LogP contribution >= 0.6 is 24.0 Å². The van der Waals surface area contributed by atoms with Gasteiger partial charge in [-0.3, -0.25) is 14.9 Å². The van der Waals surface area contributed by atoms with Gasteiger partial charge >= 0.3 is 0 Å². The Morgan fingerprint density at radius 3 is 2.80 bits per heavy atom. The number of guanidine groups is 1. The number of ether oxygens (including phenoxy) is 1. The first-order chi connectivity index (χ1) is 11.6. The van der Waals surface area contributed by atoms with Gasteiger partial charge in [0.15, 0.2) is 5.96 Å². The van der Waals surface area contributed by atoms with Gasteiger partial charge in [0, 0.05) is 37.0 Å².